The van der Waals surface area contributed by atoms with Gasteiger partial charge in [-0.05, 0) is 60.7 Å². The van der Waals surface area contributed by atoms with Gasteiger partial charge < -0.3 is 5.32 Å². The lowest BCUT2D eigenvalue weighted by atomic mass is 9.77. The van der Waals surface area contributed by atoms with E-state index in [-0.39, 0.29) is 18.5 Å². The van der Waals surface area contributed by atoms with E-state index < -0.39 is 10.0 Å². The molecule has 0 amide bonds. The molecule has 0 bridgehead atoms. The monoisotopic (exact) mass is 458 g/mol. The molecule has 4 rings (SSSR count). The van der Waals surface area contributed by atoms with E-state index in [4.69, 9.17) is 0 Å². The molecule has 28 heavy (non-hydrogen) atoms. The average Bonchev–Trinajstić information content (AvgIpc) is 3.16. The van der Waals surface area contributed by atoms with Crippen LogP contribution in [0.4, 0.5) is 5.69 Å². The van der Waals surface area contributed by atoms with Crippen molar-refractivity contribution in [2.75, 3.05) is 11.9 Å². The number of nitrogens with one attached hydrogen (secondary N) is 2. The number of anilines is 1. The van der Waals surface area contributed by atoms with Crippen molar-refractivity contribution in [1.29, 1.82) is 0 Å². The first kappa shape index (κ1) is 19.4. The lowest BCUT2D eigenvalue weighted by molar-refractivity contribution is 0.425. The molecule has 0 saturated heterocycles. The molecule has 3 atom stereocenters. The first-order valence-corrected chi connectivity index (χ1v) is 11.6. The van der Waals surface area contributed by atoms with E-state index in [9.17, 15) is 8.42 Å². The summed E-state index contributed by atoms with van der Waals surface area (Å²) in [4.78, 5) is 0.301. The van der Waals surface area contributed by atoms with Crippen LogP contribution in [0.25, 0.3) is 0 Å². The summed E-state index contributed by atoms with van der Waals surface area (Å²) in [6.07, 6.45) is 5.40. The zero-order valence-corrected chi connectivity index (χ0v) is 18.1. The third kappa shape index (κ3) is 3.69. The Hall–Kier alpha value is -1.89. The standard InChI is InChI=1S/C22H23BrN2O2S/c1-14(2)13-24-28(26,27)17-10-11-21-20(12-17)18-4-3-5-19(18)22(25-21)15-6-8-16(23)9-7-15/h3-4,6-12,18-19,22,24-25H,1,5,13H2,2H3/t18-,19+,22+/m0/s1. The van der Waals surface area contributed by atoms with Gasteiger partial charge in [0.05, 0.1) is 10.9 Å². The van der Waals surface area contributed by atoms with Gasteiger partial charge in [-0.3, -0.25) is 0 Å². The molecule has 2 N–H and O–H groups in total. The van der Waals surface area contributed by atoms with Crippen LogP contribution in [0.2, 0.25) is 0 Å². The average molecular weight is 459 g/mol. The fourth-order valence-corrected chi connectivity index (χ4v) is 5.44. The molecule has 0 aromatic heterocycles. The maximum atomic E-state index is 12.6. The molecular weight excluding hydrogens is 436 g/mol. The summed E-state index contributed by atoms with van der Waals surface area (Å²) >= 11 is 3.50. The minimum atomic E-state index is -3.56. The first-order valence-electron chi connectivity index (χ1n) is 9.32. The Labute approximate surface area is 174 Å². The molecule has 2 aromatic carbocycles. The Morgan fingerprint density at radius 3 is 2.71 bits per heavy atom. The topological polar surface area (TPSA) is 58.2 Å². The van der Waals surface area contributed by atoms with Gasteiger partial charge in [-0.25, -0.2) is 13.1 Å². The van der Waals surface area contributed by atoms with E-state index >= 15 is 0 Å². The van der Waals surface area contributed by atoms with Crippen LogP contribution in [0.5, 0.6) is 0 Å². The van der Waals surface area contributed by atoms with Crippen LogP contribution in [-0.4, -0.2) is 15.0 Å². The number of hydrogen-bond donors (Lipinski definition) is 2. The highest BCUT2D eigenvalue weighted by molar-refractivity contribution is 9.10. The van der Waals surface area contributed by atoms with Gasteiger partial charge in [0.1, 0.15) is 0 Å². The second-order valence-electron chi connectivity index (χ2n) is 7.56. The molecular formula is C22H23BrN2O2S. The fraction of sp³-hybridized carbons (Fsp3) is 0.273. The van der Waals surface area contributed by atoms with E-state index in [1.807, 2.05) is 12.1 Å². The summed E-state index contributed by atoms with van der Waals surface area (Å²) < 4.78 is 28.9. The van der Waals surface area contributed by atoms with Crippen LogP contribution in [0.15, 0.2) is 76.1 Å². The molecule has 0 fully saturated rings. The van der Waals surface area contributed by atoms with Gasteiger partial charge in [0.25, 0.3) is 0 Å². The molecule has 0 radical (unpaired) electrons. The molecule has 0 saturated carbocycles. The number of allylic oxidation sites excluding steroid dienone is 2. The third-order valence-electron chi connectivity index (χ3n) is 5.44. The zero-order valence-electron chi connectivity index (χ0n) is 15.7. The number of sulfonamides is 1. The quantitative estimate of drug-likeness (QED) is 0.610. The Morgan fingerprint density at radius 2 is 2.00 bits per heavy atom. The molecule has 1 aliphatic carbocycles. The number of hydrogen-bond acceptors (Lipinski definition) is 3. The van der Waals surface area contributed by atoms with Crippen LogP contribution in [0, 0.1) is 5.92 Å². The van der Waals surface area contributed by atoms with E-state index in [1.165, 1.54) is 5.56 Å². The Bertz CT molecular complexity index is 1040. The predicted molar refractivity (Wildman–Crippen MR) is 117 cm³/mol. The number of fused-ring (bicyclic) bond motifs is 3. The Kier molecular flexibility index (Phi) is 5.21. The highest BCUT2D eigenvalue weighted by Crippen LogP contribution is 2.50. The highest BCUT2D eigenvalue weighted by atomic mass is 79.9. The van der Waals surface area contributed by atoms with Crippen LogP contribution in [-0.2, 0) is 10.0 Å². The van der Waals surface area contributed by atoms with Gasteiger partial charge in [0.2, 0.25) is 10.0 Å². The predicted octanol–water partition coefficient (Wildman–Crippen LogP) is 5.13. The van der Waals surface area contributed by atoms with Crippen molar-refractivity contribution >= 4 is 31.6 Å². The van der Waals surface area contributed by atoms with Gasteiger partial charge in [-0.1, -0.05) is 52.4 Å². The van der Waals surface area contributed by atoms with Crippen molar-refractivity contribution < 1.29 is 8.42 Å². The molecule has 146 valence electrons. The van der Waals surface area contributed by atoms with Crippen LogP contribution in [0.3, 0.4) is 0 Å². The number of halogens is 1. The van der Waals surface area contributed by atoms with Crippen molar-refractivity contribution in [3.05, 3.63) is 82.4 Å². The van der Waals surface area contributed by atoms with Gasteiger partial charge in [-0.15, -0.1) is 0 Å². The maximum absolute atomic E-state index is 12.6. The van der Waals surface area contributed by atoms with Crippen LogP contribution < -0.4 is 10.0 Å². The first-order chi connectivity index (χ1) is 13.3. The summed E-state index contributed by atoms with van der Waals surface area (Å²) in [7, 11) is -3.56. The second kappa shape index (κ2) is 7.50. The van der Waals surface area contributed by atoms with Gasteiger partial charge in [0.15, 0.2) is 0 Å². The fourth-order valence-electron chi connectivity index (χ4n) is 4.04. The molecule has 2 aromatic rings. The van der Waals surface area contributed by atoms with Gasteiger partial charge in [-0.2, -0.15) is 0 Å². The van der Waals surface area contributed by atoms with Gasteiger partial charge in [0, 0.05) is 22.6 Å². The number of rotatable bonds is 5. The van der Waals surface area contributed by atoms with E-state index in [0.29, 0.717) is 10.8 Å². The SMILES string of the molecule is C=C(C)CNS(=O)(=O)c1ccc2c(c1)[C@H]1C=CC[C@H]1[C@@H](c1ccc(Br)cc1)N2. The van der Waals surface area contributed by atoms with Crippen molar-refractivity contribution in [3.8, 4) is 0 Å². The molecule has 0 spiro atoms. The summed E-state index contributed by atoms with van der Waals surface area (Å²) in [6, 6.07) is 14.0. The smallest absolute Gasteiger partial charge is 0.240 e. The van der Waals surface area contributed by atoms with Gasteiger partial charge >= 0.3 is 0 Å². The summed E-state index contributed by atoms with van der Waals surface area (Å²) in [5, 5.41) is 3.65. The molecule has 2 aliphatic rings. The van der Waals surface area contributed by atoms with Crippen molar-refractivity contribution in [3.63, 3.8) is 0 Å². The molecule has 4 nitrogen and oxygen atoms in total. The van der Waals surface area contributed by atoms with Crippen LogP contribution in [0.1, 0.15) is 36.4 Å². The molecule has 6 heteroatoms. The largest absolute Gasteiger partial charge is 0.378 e. The normalized spacial score (nSPS) is 23.0. The minimum Gasteiger partial charge on any atom is -0.378 e. The lowest BCUT2D eigenvalue weighted by Crippen LogP contribution is -2.30. The summed E-state index contributed by atoms with van der Waals surface area (Å²) in [5.41, 5.74) is 4.07. The van der Waals surface area contributed by atoms with E-state index in [1.54, 1.807) is 13.0 Å². The summed E-state index contributed by atoms with van der Waals surface area (Å²) in [5.74, 6) is 0.580. The second-order valence-corrected chi connectivity index (χ2v) is 10.2. The van der Waals surface area contributed by atoms with E-state index in [0.717, 1.165) is 27.7 Å². The van der Waals surface area contributed by atoms with Crippen molar-refractivity contribution in [2.45, 2.75) is 30.2 Å². The highest BCUT2D eigenvalue weighted by Gasteiger charge is 2.38. The number of benzene rings is 2. The van der Waals surface area contributed by atoms with Crippen LogP contribution >= 0.6 is 15.9 Å². The zero-order chi connectivity index (χ0) is 19.9. The molecule has 0 unspecified atom stereocenters. The Morgan fingerprint density at radius 1 is 1.25 bits per heavy atom. The van der Waals surface area contributed by atoms with E-state index in [2.05, 4.69) is 69.0 Å². The lowest BCUT2D eigenvalue weighted by Gasteiger charge is -2.37. The summed E-state index contributed by atoms with van der Waals surface area (Å²) in [6.45, 7) is 5.81. The molecule has 1 heterocycles. The maximum Gasteiger partial charge on any atom is 0.240 e. The Balaban J connectivity index is 1.69. The minimum absolute atomic E-state index is 0.199. The van der Waals surface area contributed by atoms with Crippen molar-refractivity contribution in [1.82, 2.24) is 4.72 Å². The molecule has 1 aliphatic heterocycles. The van der Waals surface area contributed by atoms with Crippen molar-refractivity contribution in [2.24, 2.45) is 5.92 Å². The third-order valence-corrected chi connectivity index (χ3v) is 7.37.